The maximum Gasteiger partial charge on any atom is 0.288 e. The lowest BCUT2D eigenvalue weighted by Crippen LogP contribution is -2.58. The number of thiocarbonyl (C=S) groups is 2. The van der Waals surface area contributed by atoms with Crippen LogP contribution in [0.15, 0.2) is 46.4 Å². The minimum Gasteiger partial charge on any atom is -0.284 e. The molecule has 0 aromatic heterocycles. The van der Waals surface area contributed by atoms with Crippen molar-refractivity contribution < 1.29 is 25.9 Å². The first kappa shape index (κ1) is 22.7. The molecule has 0 aliphatic heterocycles. The van der Waals surface area contributed by atoms with Gasteiger partial charge in [0.25, 0.3) is 20.2 Å². The number of hydrogen-bond donors (Lipinski definition) is 2. The molecule has 1 aromatic rings. The van der Waals surface area contributed by atoms with Gasteiger partial charge in [-0.2, -0.15) is 16.8 Å². The van der Waals surface area contributed by atoms with E-state index in [9.17, 15) is 25.9 Å². The minimum atomic E-state index is -5.34. The molecule has 0 saturated heterocycles. The van der Waals surface area contributed by atoms with E-state index in [2.05, 4.69) is 34.4 Å². The van der Waals surface area contributed by atoms with Crippen molar-refractivity contribution in [2.75, 3.05) is 0 Å². The zero-order valence-corrected chi connectivity index (χ0v) is 17.6. The van der Waals surface area contributed by atoms with Crippen molar-refractivity contribution in [1.82, 2.24) is 0 Å². The first-order chi connectivity index (χ1) is 13.0. The van der Waals surface area contributed by atoms with Gasteiger partial charge in [-0.15, -0.1) is 0 Å². The molecule has 1 aliphatic rings. The lowest BCUT2D eigenvalue weighted by molar-refractivity contribution is 0.234. The summed E-state index contributed by atoms with van der Waals surface area (Å²) in [5, 5.41) is 4.07. The highest BCUT2D eigenvalue weighted by Crippen LogP contribution is 2.49. The van der Waals surface area contributed by atoms with Gasteiger partial charge in [-0.1, -0.05) is 42.5 Å². The number of rotatable bonds is 6. The highest BCUT2D eigenvalue weighted by molar-refractivity contribution is 8.05. The second-order valence-corrected chi connectivity index (χ2v) is 10.2. The number of aliphatic imine (C=N–C) groups is 2. The average Bonchev–Trinajstić information content (AvgIpc) is 2.60. The van der Waals surface area contributed by atoms with E-state index in [-0.39, 0.29) is 12.8 Å². The smallest absolute Gasteiger partial charge is 0.284 e. The van der Waals surface area contributed by atoms with Gasteiger partial charge in [-0.3, -0.25) is 9.11 Å². The number of hydrogen-bond acceptors (Lipinski definition) is 8. The van der Waals surface area contributed by atoms with Crippen molar-refractivity contribution >= 4 is 61.1 Å². The summed E-state index contributed by atoms with van der Waals surface area (Å²) in [6.07, 6.45) is 1.88. The predicted octanol–water partition coefficient (Wildman–Crippen LogP) is 2.87. The molecule has 0 bridgehead atoms. The maximum absolute atomic E-state index is 12.3. The van der Waals surface area contributed by atoms with Crippen LogP contribution in [0.3, 0.4) is 0 Å². The quantitative estimate of drug-likeness (QED) is 0.376. The number of benzene rings is 1. The first-order valence-corrected chi connectivity index (χ1v) is 11.6. The van der Waals surface area contributed by atoms with Crippen LogP contribution in [0.1, 0.15) is 24.8 Å². The molecule has 0 spiro atoms. The molecule has 28 heavy (non-hydrogen) atoms. The Labute approximate surface area is 173 Å². The highest BCUT2D eigenvalue weighted by atomic mass is 32.3. The molecule has 0 amide bonds. The van der Waals surface area contributed by atoms with Crippen LogP contribution in [0.2, 0.25) is 0 Å². The van der Waals surface area contributed by atoms with Crippen LogP contribution in [0, 0.1) is 5.92 Å². The zero-order valence-electron chi connectivity index (χ0n) is 14.3. The molecule has 0 radical (unpaired) electrons. The van der Waals surface area contributed by atoms with Crippen molar-refractivity contribution in [2.24, 2.45) is 15.9 Å². The molecular formula is C16H16N2O6S4. The molecule has 1 fully saturated rings. The van der Waals surface area contributed by atoms with Crippen LogP contribution in [0.25, 0.3) is 6.08 Å². The Morgan fingerprint density at radius 1 is 1.04 bits per heavy atom. The Kier molecular flexibility index (Phi) is 6.80. The fraction of sp³-hybridized carbons (Fsp3) is 0.375. The van der Waals surface area contributed by atoms with Gasteiger partial charge >= 0.3 is 0 Å². The summed E-state index contributed by atoms with van der Waals surface area (Å²) in [7, 11) is -10.7. The van der Waals surface area contributed by atoms with Gasteiger partial charge in [-0.05, 0) is 42.8 Å². The second-order valence-electron chi connectivity index (χ2n) is 6.24. The Balaban J connectivity index is 2.70. The van der Waals surface area contributed by atoms with Gasteiger partial charge in [-0.25, -0.2) is 9.98 Å². The van der Waals surface area contributed by atoms with Crippen molar-refractivity contribution in [3.05, 3.63) is 42.0 Å². The minimum absolute atomic E-state index is 0.0524. The van der Waals surface area contributed by atoms with Crippen molar-refractivity contribution in [2.45, 2.75) is 29.0 Å². The van der Waals surface area contributed by atoms with E-state index in [0.717, 1.165) is 0 Å². The molecular weight excluding hydrogens is 444 g/mol. The fourth-order valence-corrected chi connectivity index (χ4v) is 6.73. The molecule has 2 N–H and O–H groups in total. The van der Waals surface area contributed by atoms with Gasteiger partial charge in [0.05, 0.1) is 10.3 Å². The van der Waals surface area contributed by atoms with E-state index in [4.69, 9.17) is 0 Å². The SMILES string of the molecule is O=S(=O)(O)C1(S(=O)(=O)O)CC(N=C=S)(N=C=S)CCC1C=Cc1ccccc1. The molecule has 1 aliphatic carbocycles. The van der Waals surface area contributed by atoms with Gasteiger partial charge < -0.3 is 0 Å². The average molecular weight is 461 g/mol. The van der Waals surface area contributed by atoms with E-state index in [0.29, 0.717) is 5.56 Å². The summed E-state index contributed by atoms with van der Waals surface area (Å²) in [5.74, 6) is -1.29. The van der Waals surface area contributed by atoms with Crippen LogP contribution in [-0.2, 0) is 20.2 Å². The Hall–Kier alpha value is -1.62. The summed E-state index contributed by atoms with van der Waals surface area (Å²) < 4.78 is 65.9. The largest absolute Gasteiger partial charge is 0.288 e. The lowest BCUT2D eigenvalue weighted by Gasteiger charge is -2.43. The van der Waals surface area contributed by atoms with Crippen LogP contribution in [0.5, 0.6) is 0 Å². The van der Waals surface area contributed by atoms with Gasteiger partial charge in [0.15, 0.2) is 5.66 Å². The van der Waals surface area contributed by atoms with E-state index >= 15 is 0 Å². The number of nitrogens with zero attached hydrogens (tertiary/aromatic N) is 2. The van der Waals surface area contributed by atoms with Crippen LogP contribution < -0.4 is 0 Å². The summed E-state index contributed by atoms with van der Waals surface area (Å²) in [4.78, 5) is 7.55. The third-order valence-electron chi connectivity index (χ3n) is 4.65. The molecule has 12 heteroatoms. The molecule has 2 rings (SSSR count). The standard InChI is InChI=1S/C16H16N2O6S4/c19-27(20,21)16(28(22,23)24)10-15(17-11-25,18-12-26)9-8-14(16)7-6-13-4-2-1-3-5-13/h1-7,14H,8-10H2,(H,19,20,21)(H,22,23,24). The Bertz CT molecular complexity index is 1020. The highest BCUT2D eigenvalue weighted by Gasteiger charge is 2.65. The van der Waals surface area contributed by atoms with Gasteiger partial charge in [0, 0.05) is 12.3 Å². The van der Waals surface area contributed by atoms with Crippen molar-refractivity contribution in [3.63, 3.8) is 0 Å². The Morgan fingerprint density at radius 3 is 2.04 bits per heavy atom. The topological polar surface area (TPSA) is 133 Å². The maximum atomic E-state index is 12.3. The molecule has 1 atom stereocenters. The van der Waals surface area contributed by atoms with Gasteiger partial charge in [0.2, 0.25) is 4.08 Å². The fourth-order valence-electron chi connectivity index (χ4n) is 3.34. The lowest BCUT2D eigenvalue weighted by atomic mass is 9.80. The molecule has 0 heterocycles. The summed E-state index contributed by atoms with van der Waals surface area (Å²) in [5.41, 5.74) is -1.06. The first-order valence-electron chi connectivity index (χ1n) is 7.87. The zero-order chi connectivity index (χ0) is 21.1. The molecule has 1 unspecified atom stereocenters. The van der Waals surface area contributed by atoms with Crippen LogP contribution in [0.4, 0.5) is 0 Å². The number of allylic oxidation sites excluding steroid dienone is 1. The molecule has 1 aromatic carbocycles. The van der Waals surface area contributed by atoms with Crippen molar-refractivity contribution in [1.29, 1.82) is 0 Å². The summed E-state index contributed by atoms with van der Waals surface area (Å²) in [6, 6.07) is 8.71. The second kappa shape index (κ2) is 8.40. The number of isothiocyanates is 2. The van der Waals surface area contributed by atoms with Crippen molar-refractivity contribution in [3.8, 4) is 0 Å². The molecule has 8 nitrogen and oxygen atoms in total. The molecule has 150 valence electrons. The van der Waals surface area contributed by atoms with Gasteiger partial charge in [0.1, 0.15) is 0 Å². The normalized spacial score (nSPS) is 24.9. The summed E-state index contributed by atoms with van der Waals surface area (Å²) in [6.45, 7) is 0. The third-order valence-corrected chi connectivity index (χ3v) is 8.74. The van der Waals surface area contributed by atoms with E-state index < -0.39 is 42.3 Å². The van der Waals surface area contributed by atoms with E-state index in [1.165, 1.54) is 12.2 Å². The van der Waals surface area contributed by atoms with Crippen LogP contribution >= 0.6 is 24.4 Å². The monoisotopic (exact) mass is 460 g/mol. The predicted molar refractivity (Wildman–Crippen MR) is 111 cm³/mol. The van der Waals surface area contributed by atoms with Crippen LogP contribution in [-0.4, -0.2) is 46.0 Å². The third kappa shape index (κ3) is 4.35. The van der Waals surface area contributed by atoms with E-state index in [1.807, 2.05) is 10.3 Å². The summed E-state index contributed by atoms with van der Waals surface area (Å²) >= 11 is 9.10. The Morgan fingerprint density at radius 2 is 1.57 bits per heavy atom. The molecule has 1 saturated carbocycles. The van der Waals surface area contributed by atoms with E-state index in [1.54, 1.807) is 30.3 Å².